The molecule has 130 valence electrons. The fourth-order valence-corrected chi connectivity index (χ4v) is 3.20. The van der Waals surface area contributed by atoms with Gasteiger partial charge in [-0.3, -0.25) is 19.7 Å². The molecule has 2 rings (SSSR count). The highest BCUT2D eigenvalue weighted by molar-refractivity contribution is 8.00. The van der Waals surface area contributed by atoms with E-state index in [9.17, 15) is 14.4 Å². The van der Waals surface area contributed by atoms with Crippen molar-refractivity contribution in [3.63, 3.8) is 0 Å². The Labute approximate surface area is 149 Å². The van der Waals surface area contributed by atoms with Crippen molar-refractivity contribution in [3.8, 4) is 0 Å². The summed E-state index contributed by atoms with van der Waals surface area (Å²) in [6, 6.07) is 6.57. The number of halogens is 1. The third-order valence-corrected chi connectivity index (χ3v) is 4.60. The zero-order valence-electron chi connectivity index (χ0n) is 13.1. The number of anilines is 1. The van der Waals surface area contributed by atoms with Crippen LogP contribution in [-0.2, 0) is 14.4 Å². The van der Waals surface area contributed by atoms with Gasteiger partial charge in [-0.2, -0.15) is 0 Å². The van der Waals surface area contributed by atoms with Gasteiger partial charge in [0.25, 0.3) is 0 Å². The molecule has 0 aliphatic carbocycles. The molecule has 1 heterocycles. The van der Waals surface area contributed by atoms with Gasteiger partial charge in [-0.05, 0) is 24.3 Å². The van der Waals surface area contributed by atoms with Gasteiger partial charge in [-0.1, -0.05) is 11.6 Å². The highest BCUT2D eigenvalue weighted by Gasteiger charge is 2.27. The Morgan fingerprint density at radius 3 is 2.67 bits per heavy atom. The number of amides is 3. The first-order valence-corrected chi connectivity index (χ1v) is 8.82. The summed E-state index contributed by atoms with van der Waals surface area (Å²) in [6.07, 6.45) is 0.458. The molecule has 9 heteroatoms. The van der Waals surface area contributed by atoms with Crippen LogP contribution in [0, 0.1) is 0 Å². The van der Waals surface area contributed by atoms with Gasteiger partial charge >= 0.3 is 0 Å². The first kappa shape index (κ1) is 18.6. The molecule has 1 fully saturated rings. The van der Waals surface area contributed by atoms with Gasteiger partial charge < -0.3 is 16.0 Å². The van der Waals surface area contributed by atoms with Crippen molar-refractivity contribution < 1.29 is 14.4 Å². The van der Waals surface area contributed by atoms with Crippen LogP contribution in [0.5, 0.6) is 0 Å². The minimum atomic E-state index is -0.406. The normalized spacial score (nSPS) is 20.2. The molecule has 2 unspecified atom stereocenters. The summed E-state index contributed by atoms with van der Waals surface area (Å²) in [4.78, 5) is 35.1. The molecule has 2 atom stereocenters. The lowest BCUT2D eigenvalue weighted by atomic mass is 10.1. The zero-order chi connectivity index (χ0) is 17.5. The lowest BCUT2D eigenvalue weighted by Crippen LogP contribution is -2.55. The van der Waals surface area contributed by atoms with Crippen molar-refractivity contribution in [3.05, 3.63) is 29.3 Å². The van der Waals surface area contributed by atoms with E-state index in [1.54, 1.807) is 31.3 Å². The van der Waals surface area contributed by atoms with Gasteiger partial charge in [-0.15, -0.1) is 11.8 Å². The SMILES string of the molecule is CNC(=O)CC1CC(=O)NC(SCC(=O)Nc2ccc(Cl)cc2)N1. The van der Waals surface area contributed by atoms with Crippen LogP contribution in [0.1, 0.15) is 12.8 Å². The van der Waals surface area contributed by atoms with Crippen molar-refractivity contribution in [2.75, 3.05) is 18.1 Å². The Hall–Kier alpha value is -1.77. The number of carbonyl (C=O) groups excluding carboxylic acids is 3. The molecule has 24 heavy (non-hydrogen) atoms. The summed E-state index contributed by atoms with van der Waals surface area (Å²) in [5, 5.41) is 11.8. The highest BCUT2D eigenvalue weighted by Crippen LogP contribution is 2.16. The average Bonchev–Trinajstić information content (AvgIpc) is 2.54. The Kier molecular flexibility index (Phi) is 6.89. The first-order chi connectivity index (χ1) is 11.5. The summed E-state index contributed by atoms with van der Waals surface area (Å²) in [6.45, 7) is 0. The average molecular weight is 371 g/mol. The van der Waals surface area contributed by atoms with Crippen molar-refractivity contribution in [2.45, 2.75) is 24.4 Å². The smallest absolute Gasteiger partial charge is 0.234 e. The summed E-state index contributed by atoms with van der Waals surface area (Å²) in [5.74, 6) is -0.302. The Morgan fingerprint density at radius 1 is 1.29 bits per heavy atom. The molecule has 0 spiro atoms. The number of nitrogens with one attached hydrogen (secondary N) is 4. The quantitative estimate of drug-likeness (QED) is 0.596. The second-order valence-electron chi connectivity index (χ2n) is 5.26. The molecule has 1 aliphatic rings. The summed E-state index contributed by atoms with van der Waals surface area (Å²) >= 11 is 7.05. The zero-order valence-corrected chi connectivity index (χ0v) is 14.7. The van der Waals surface area contributed by atoms with Gasteiger partial charge in [0.1, 0.15) is 5.50 Å². The molecule has 4 N–H and O–H groups in total. The number of benzene rings is 1. The lowest BCUT2D eigenvalue weighted by Gasteiger charge is -2.30. The molecule has 1 aromatic carbocycles. The van der Waals surface area contributed by atoms with Crippen molar-refractivity contribution in [1.29, 1.82) is 0 Å². The molecular weight excluding hydrogens is 352 g/mol. The maximum atomic E-state index is 12.0. The third-order valence-electron chi connectivity index (χ3n) is 3.33. The molecule has 7 nitrogen and oxygen atoms in total. The molecule has 1 aromatic rings. The molecule has 0 bridgehead atoms. The van der Waals surface area contributed by atoms with E-state index in [1.807, 2.05) is 0 Å². The monoisotopic (exact) mass is 370 g/mol. The van der Waals surface area contributed by atoms with E-state index in [-0.39, 0.29) is 42.4 Å². The third kappa shape index (κ3) is 6.03. The van der Waals surface area contributed by atoms with Crippen LogP contribution in [0.4, 0.5) is 5.69 Å². The molecule has 0 radical (unpaired) electrons. The van der Waals surface area contributed by atoms with Crippen LogP contribution in [-0.4, -0.2) is 42.1 Å². The number of rotatable bonds is 6. The fraction of sp³-hybridized carbons (Fsp3) is 0.400. The molecule has 1 aliphatic heterocycles. The second-order valence-corrected chi connectivity index (χ2v) is 6.79. The minimum absolute atomic E-state index is 0.133. The van der Waals surface area contributed by atoms with E-state index in [2.05, 4.69) is 21.3 Å². The van der Waals surface area contributed by atoms with E-state index >= 15 is 0 Å². The maximum absolute atomic E-state index is 12.0. The van der Waals surface area contributed by atoms with Gasteiger partial charge in [-0.25, -0.2) is 0 Å². The minimum Gasteiger partial charge on any atom is -0.359 e. The van der Waals surface area contributed by atoms with Crippen LogP contribution in [0.15, 0.2) is 24.3 Å². The Morgan fingerprint density at radius 2 is 2.00 bits per heavy atom. The van der Waals surface area contributed by atoms with Crippen molar-refractivity contribution in [2.24, 2.45) is 0 Å². The summed E-state index contributed by atoms with van der Waals surface area (Å²) in [7, 11) is 1.55. The largest absolute Gasteiger partial charge is 0.359 e. The number of carbonyl (C=O) groups is 3. The van der Waals surface area contributed by atoms with Gasteiger partial charge in [0.2, 0.25) is 17.7 Å². The maximum Gasteiger partial charge on any atom is 0.234 e. The number of hydrogen-bond donors (Lipinski definition) is 4. The van der Waals surface area contributed by atoms with Gasteiger partial charge in [0.15, 0.2) is 0 Å². The Bertz CT molecular complexity index is 611. The van der Waals surface area contributed by atoms with Crippen LogP contribution in [0.2, 0.25) is 5.02 Å². The van der Waals surface area contributed by atoms with E-state index in [0.29, 0.717) is 10.7 Å². The number of hydrogen-bond acceptors (Lipinski definition) is 5. The summed E-state index contributed by atoms with van der Waals surface area (Å²) in [5.41, 5.74) is 0.250. The van der Waals surface area contributed by atoms with Gasteiger partial charge in [0, 0.05) is 36.6 Å². The first-order valence-electron chi connectivity index (χ1n) is 7.39. The molecule has 0 saturated carbocycles. The van der Waals surface area contributed by atoms with Crippen LogP contribution in [0.3, 0.4) is 0 Å². The van der Waals surface area contributed by atoms with E-state index in [1.165, 1.54) is 11.8 Å². The van der Waals surface area contributed by atoms with Crippen LogP contribution < -0.4 is 21.3 Å². The topological polar surface area (TPSA) is 99.3 Å². The van der Waals surface area contributed by atoms with E-state index in [0.717, 1.165) is 0 Å². The fourth-order valence-electron chi connectivity index (χ4n) is 2.18. The van der Waals surface area contributed by atoms with Gasteiger partial charge in [0.05, 0.1) is 5.75 Å². The lowest BCUT2D eigenvalue weighted by molar-refractivity contribution is -0.125. The molecule has 3 amide bonds. The predicted octanol–water partition coefficient (Wildman–Crippen LogP) is 0.910. The number of thioether (sulfide) groups is 1. The van der Waals surface area contributed by atoms with Crippen LogP contribution in [0.25, 0.3) is 0 Å². The predicted molar refractivity (Wildman–Crippen MR) is 94.7 cm³/mol. The highest BCUT2D eigenvalue weighted by atomic mass is 35.5. The summed E-state index contributed by atoms with van der Waals surface area (Å²) < 4.78 is 0. The van der Waals surface area contributed by atoms with E-state index < -0.39 is 5.50 Å². The standard InChI is InChI=1S/C15H19ClN4O3S/c1-17-12(21)6-11-7-13(22)20-15(19-11)24-8-14(23)18-10-4-2-9(16)3-5-10/h2-5,11,15,19H,6-8H2,1H3,(H,17,21)(H,18,23)(H,20,22). The second kappa shape index (κ2) is 8.91. The molecule has 1 saturated heterocycles. The van der Waals surface area contributed by atoms with Crippen molar-refractivity contribution in [1.82, 2.24) is 16.0 Å². The molecular formula is C15H19ClN4O3S. The Balaban J connectivity index is 1.79. The molecule has 0 aromatic heterocycles. The van der Waals surface area contributed by atoms with E-state index in [4.69, 9.17) is 11.6 Å². The van der Waals surface area contributed by atoms with Crippen molar-refractivity contribution >= 4 is 46.8 Å². The van der Waals surface area contributed by atoms with Crippen LogP contribution >= 0.6 is 23.4 Å².